The highest BCUT2D eigenvalue weighted by Gasteiger charge is 2.33. The van der Waals surface area contributed by atoms with Crippen molar-refractivity contribution < 1.29 is 28.2 Å². The maximum atomic E-state index is 12.5. The van der Waals surface area contributed by atoms with Crippen LogP contribution in [0, 0.1) is 0 Å². The predicted molar refractivity (Wildman–Crippen MR) is 59.3 cm³/mol. The minimum atomic E-state index is -4.60. The van der Waals surface area contributed by atoms with E-state index in [1.807, 2.05) is 0 Å². The number of primary amides is 1. The second-order valence-electron chi connectivity index (χ2n) is 3.56. The number of hydrogen-bond donors (Lipinski definition) is 3. The molecule has 1 amide bonds. The number of amides is 1. The molecular weight excluding hydrogens is 319 g/mol. The lowest BCUT2D eigenvalue weighted by Crippen LogP contribution is -2.34. The van der Waals surface area contributed by atoms with Crippen LogP contribution in [0.2, 0.25) is 0 Å². The molecule has 0 aliphatic heterocycles. The fourth-order valence-electron chi connectivity index (χ4n) is 1.28. The van der Waals surface area contributed by atoms with Crippen LogP contribution in [0.1, 0.15) is 17.2 Å². The number of hydrogen-bond acceptors (Lipinski definition) is 3. The molecule has 2 atom stereocenters. The Morgan fingerprint density at radius 3 is 2.28 bits per heavy atom. The van der Waals surface area contributed by atoms with E-state index in [0.29, 0.717) is 6.07 Å². The van der Waals surface area contributed by atoms with Gasteiger partial charge in [0.1, 0.15) is 6.10 Å². The lowest BCUT2D eigenvalue weighted by molar-refractivity contribution is -0.137. The fourth-order valence-corrected chi connectivity index (χ4v) is 1.80. The largest absolute Gasteiger partial charge is 0.416 e. The Hall–Kier alpha value is -1.12. The number of benzene rings is 1. The molecule has 0 bridgehead atoms. The Balaban J connectivity index is 3.18. The molecule has 0 radical (unpaired) electrons. The highest BCUT2D eigenvalue weighted by molar-refractivity contribution is 9.10. The summed E-state index contributed by atoms with van der Waals surface area (Å²) >= 11 is 2.85. The Bertz CT molecular complexity index is 464. The van der Waals surface area contributed by atoms with Gasteiger partial charge < -0.3 is 15.9 Å². The zero-order valence-electron chi connectivity index (χ0n) is 8.78. The SMILES string of the molecule is NC(=O)C(O)C(O)c1cc(Br)cc(C(F)(F)F)c1. The summed E-state index contributed by atoms with van der Waals surface area (Å²) in [6, 6.07) is 2.61. The van der Waals surface area contributed by atoms with Crippen LogP contribution in [0.5, 0.6) is 0 Å². The number of aliphatic hydroxyl groups is 2. The molecule has 2 unspecified atom stereocenters. The average Bonchev–Trinajstić information content (AvgIpc) is 2.24. The zero-order valence-corrected chi connectivity index (χ0v) is 10.4. The molecule has 0 heterocycles. The normalized spacial score (nSPS) is 15.2. The van der Waals surface area contributed by atoms with Gasteiger partial charge in [0.25, 0.3) is 0 Å². The van der Waals surface area contributed by atoms with Gasteiger partial charge in [0.2, 0.25) is 5.91 Å². The van der Waals surface area contributed by atoms with Crippen molar-refractivity contribution in [2.24, 2.45) is 5.73 Å². The summed E-state index contributed by atoms with van der Waals surface area (Å²) in [7, 11) is 0. The number of carbonyl (C=O) groups excluding carboxylic acids is 1. The number of carbonyl (C=O) groups is 1. The first kappa shape index (κ1) is 14.9. The molecule has 0 spiro atoms. The van der Waals surface area contributed by atoms with Crippen molar-refractivity contribution in [3.05, 3.63) is 33.8 Å². The van der Waals surface area contributed by atoms with Gasteiger partial charge in [-0.1, -0.05) is 15.9 Å². The molecule has 0 aliphatic rings. The quantitative estimate of drug-likeness (QED) is 0.783. The van der Waals surface area contributed by atoms with Crippen LogP contribution in [-0.2, 0) is 11.0 Å². The Morgan fingerprint density at radius 2 is 1.83 bits per heavy atom. The third kappa shape index (κ3) is 3.44. The zero-order chi connectivity index (χ0) is 14.1. The molecule has 100 valence electrons. The van der Waals surface area contributed by atoms with Gasteiger partial charge in [-0.2, -0.15) is 13.2 Å². The third-order valence-corrected chi connectivity index (χ3v) is 2.64. The number of aliphatic hydroxyl groups excluding tert-OH is 2. The van der Waals surface area contributed by atoms with Crippen molar-refractivity contribution in [3.8, 4) is 0 Å². The predicted octanol–water partition coefficient (Wildman–Crippen LogP) is 1.35. The standard InChI is InChI=1S/C10H9BrF3NO3/c11-6-2-4(7(16)8(17)9(15)18)1-5(3-6)10(12,13)14/h1-3,7-8,16-17H,(H2,15,18). The first-order valence-electron chi connectivity index (χ1n) is 4.66. The van der Waals surface area contributed by atoms with E-state index in [0.717, 1.165) is 12.1 Å². The molecule has 0 aromatic heterocycles. The van der Waals surface area contributed by atoms with Crippen molar-refractivity contribution in [3.63, 3.8) is 0 Å². The van der Waals surface area contributed by atoms with Crippen LogP contribution in [0.25, 0.3) is 0 Å². The van der Waals surface area contributed by atoms with E-state index in [2.05, 4.69) is 15.9 Å². The van der Waals surface area contributed by atoms with Crippen LogP contribution < -0.4 is 5.73 Å². The van der Waals surface area contributed by atoms with Crippen molar-refractivity contribution >= 4 is 21.8 Å². The average molecular weight is 328 g/mol. The molecule has 0 aliphatic carbocycles. The fraction of sp³-hybridized carbons (Fsp3) is 0.300. The molecule has 1 rings (SSSR count). The van der Waals surface area contributed by atoms with E-state index in [-0.39, 0.29) is 10.0 Å². The van der Waals surface area contributed by atoms with E-state index in [1.54, 1.807) is 0 Å². The second kappa shape index (κ2) is 5.25. The van der Waals surface area contributed by atoms with Gasteiger partial charge in [-0.25, -0.2) is 0 Å². The van der Waals surface area contributed by atoms with Gasteiger partial charge in [0, 0.05) is 4.47 Å². The summed E-state index contributed by atoms with van der Waals surface area (Å²) in [6.07, 6.45) is -8.39. The van der Waals surface area contributed by atoms with Crippen LogP contribution in [-0.4, -0.2) is 22.2 Å². The highest BCUT2D eigenvalue weighted by Crippen LogP contribution is 2.33. The summed E-state index contributed by atoms with van der Waals surface area (Å²) < 4.78 is 37.6. The van der Waals surface area contributed by atoms with Crippen molar-refractivity contribution in [2.75, 3.05) is 0 Å². The van der Waals surface area contributed by atoms with Crippen molar-refractivity contribution in [2.45, 2.75) is 18.4 Å². The van der Waals surface area contributed by atoms with E-state index in [1.165, 1.54) is 0 Å². The van der Waals surface area contributed by atoms with Crippen LogP contribution in [0.4, 0.5) is 13.2 Å². The number of alkyl halides is 3. The molecule has 1 aromatic rings. The second-order valence-corrected chi connectivity index (χ2v) is 4.48. The first-order valence-corrected chi connectivity index (χ1v) is 5.45. The van der Waals surface area contributed by atoms with E-state index >= 15 is 0 Å². The van der Waals surface area contributed by atoms with Gasteiger partial charge in [0.15, 0.2) is 6.10 Å². The van der Waals surface area contributed by atoms with E-state index in [9.17, 15) is 28.2 Å². The molecule has 0 fully saturated rings. The van der Waals surface area contributed by atoms with Gasteiger partial charge in [-0.05, 0) is 23.8 Å². The third-order valence-electron chi connectivity index (χ3n) is 2.18. The van der Waals surface area contributed by atoms with Gasteiger partial charge in [-0.15, -0.1) is 0 Å². The maximum Gasteiger partial charge on any atom is 0.416 e. The summed E-state index contributed by atoms with van der Waals surface area (Å²) in [5, 5.41) is 18.7. The molecule has 0 saturated heterocycles. The van der Waals surface area contributed by atoms with Crippen LogP contribution in [0.15, 0.2) is 22.7 Å². The van der Waals surface area contributed by atoms with Gasteiger partial charge in [-0.3, -0.25) is 4.79 Å². The summed E-state index contributed by atoms with van der Waals surface area (Å²) in [5.41, 5.74) is 3.48. The Labute approximate surface area is 108 Å². The van der Waals surface area contributed by atoms with Crippen molar-refractivity contribution in [1.82, 2.24) is 0 Å². The first-order chi connectivity index (χ1) is 8.12. The summed E-state index contributed by atoms with van der Waals surface area (Å²) in [5.74, 6) is -1.23. The Kier molecular flexibility index (Phi) is 4.36. The highest BCUT2D eigenvalue weighted by atomic mass is 79.9. The maximum absolute atomic E-state index is 12.5. The van der Waals surface area contributed by atoms with Crippen LogP contribution >= 0.6 is 15.9 Å². The molecule has 4 nitrogen and oxygen atoms in total. The minimum Gasteiger partial charge on any atom is -0.385 e. The monoisotopic (exact) mass is 327 g/mol. The van der Waals surface area contributed by atoms with E-state index in [4.69, 9.17) is 5.73 Å². The molecule has 0 saturated carbocycles. The number of rotatable bonds is 3. The molecular formula is C10H9BrF3NO3. The summed E-state index contributed by atoms with van der Waals surface area (Å²) in [6.45, 7) is 0. The van der Waals surface area contributed by atoms with Crippen LogP contribution in [0.3, 0.4) is 0 Å². The summed E-state index contributed by atoms with van der Waals surface area (Å²) in [4.78, 5) is 10.7. The molecule has 4 N–H and O–H groups in total. The number of halogens is 4. The Morgan fingerprint density at radius 1 is 1.28 bits per heavy atom. The molecule has 8 heteroatoms. The molecule has 1 aromatic carbocycles. The molecule has 18 heavy (non-hydrogen) atoms. The number of nitrogens with two attached hydrogens (primary N) is 1. The lowest BCUT2D eigenvalue weighted by Gasteiger charge is -2.17. The smallest absolute Gasteiger partial charge is 0.385 e. The van der Waals surface area contributed by atoms with Crippen molar-refractivity contribution in [1.29, 1.82) is 0 Å². The lowest BCUT2D eigenvalue weighted by atomic mass is 10.0. The van der Waals surface area contributed by atoms with E-state index < -0.39 is 29.9 Å². The topological polar surface area (TPSA) is 83.6 Å². The van der Waals surface area contributed by atoms with Gasteiger partial charge in [0.05, 0.1) is 5.56 Å². The minimum absolute atomic E-state index is 0.0584. The van der Waals surface area contributed by atoms with Gasteiger partial charge >= 0.3 is 6.18 Å².